The molecule has 1 heterocycles. The Labute approximate surface area is 154 Å². The highest BCUT2D eigenvalue weighted by Gasteiger charge is 2.07. The average Bonchev–Trinajstić information content (AvgIpc) is 2.69. The van der Waals surface area contributed by atoms with Gasteiger partial charge in [-0.25, -0.2) is 9.97 Å². The fourth-order valence-corrected chi connectivity index (χ4v) is 3.90. The van der Waals surface area contributed by atoms with Crippen molar-refractivity contribution in [3.8, 4) is 0 Å². The fourth-order valence-electron chi connectivity index (χ4n) is 2.79. The summed E-state index contributed by atoms with van der Waals surface area (Å²) >= 11 is 0. The van der Waals surface area contributed by atoms with E-state index in [1.165, 1.54) is 0 Å². The molecule has 4 nitrogen and oxygen atoms in total. The maximum atomic E-state index is 12.5. The highest BCUT2D eigenvalue weighted by Crippen LogP contribution is 2.23. The summed E-state index contributed by atoms with van der Waals surface area (Å²) < 4.78 is 12.5. The Morgan fingerprint density at radius 2 is 1.65 bits per heavy atom. The zero-order chi connectivity index (χ0) is 17.8. The van der Waals surface area contributed by atoms with Crippen LogP contribution in [0.15, 0.2) is 90.1 Å². The maximum Gasteiger partial charge on any atom is 0.141 e. The quantitative estimate of drug-likeness (QED) is 0.562. The van der Waals surface area contributed by atoms with Crippen LogP contribution in [-0.2, 0) is 16.6 Å². The smallest absolute Gasteiger partial charge is 0.141 e. The molecule has 1 atom stereocenters. The lowest BCUT2D eigenvalue weighted by molar-refractivity contribution is 0.682. The minimum absolute atomic E-state index is 0.476. The molecule has 0 aliphatic carbocycles. The van der Waals surface area contributed by atoms with Crippen molar-refractivity contribution in [2.24, 2.45) is 0 Å². The van der Waals surface area contributed by atoms with Gasteiger partial charge in [-0.2, -0.15) is 0 Å². The number of nitrogens with zero attached hydrogens (tertiary/aromatic N) is 2. The number of rotatable bonds is 5. The lowest BCUT2D eigenvalue weighted by Gasteiger charge is -2.10. The second-order valence-electron chi connectivity index (χ2n) is 5.87. The van der Waals surface area contributed by atoms with Crippen molar-refractivity contribution in [2.45, 2.75) is 10.6 Å². The number of nitrogens with one attached hydrogen (secondary N) is 1. The van der Waals surface area contributed by atoms with Crippen LogP contribution in [0.5, 0.6) is 0 Å². The molecule has 0 aliphatic heterocycles. The Morgan fingerprint density at radius 1 is 0.846 bits per heavy atom. The molecule has 3 aromatic carbocycles. The normalized spacial score (nSPS) is 12.0. The number of hydrogen-bond acceptors (Lipinski definition) is 4. The first-order valence-electron chi connectivity index (χ1n) is 8.29. The molecule has 0 saturated carbocycles. The minimum atomic E-state index is -1.06. The van der Waals surface area contributed by atoms with E-state index in [0.717, 1.165) is 32.9 Å². The first kappa shape index (κ1) is 16.4. The van der Waals surface area contributed by atoms with Crippen LogP contribution in [0.2, 0.25) is 0 Å². The van der Waals surface area contributed by atoms with Gasteiger partial charge in [-0.3, -0.25) is 4.21 Å². The molecule has 26 heavy (non-hydrogen) atoms. The molecule has 0 spiro atoms. The van der Waals surface area contributed by atoms with Crippen molar-refractivity contribution in [3.05, 3.63) is 90.8 Å². The topological polar surface area (TPSA) is 54.9 Å². The van der Waals surface area contributed by atoms with Gasteiger partial charge < -0.3 is 5.32 Å². The second kappa shape index (κ2) is 7.45. The molecule has 4 rings (SSSR count). The van der Waals surface area contributed by atoms with E-state index >= 15 is 0 Å². The van der Waals surface area contributed by atoms with E-state index in [0.29, 0.717) is 5.75 Å². The molecular formula is C21H17N3OS. The van der Waals surface area contributed by atoms with E-state index in [9.17, 15) is 4.21 Å². The van der Waals surface area contributed by atoms with Gasteiger partial charge in [0.05, 0.1) is 22.1 Å². The summed E-state index contributed by atoms with van der Waals surface area (Å²) in [5.74, 6) is 1.24. The second-order valence-corrected chi connectivity index (χ2v) is 7.32. The SMILES string of the molecule is O=S(Cc1cccc(Nc2ncnc3ccccc23)c1)c1ccccc1. The Kier molecular flexibility index (Phi) is 4.71. The molecule has 1 N–H and O–H groups in total. The monoisotopic (exact) mass is 359 g/mol. The van der Waals surface area contributed by atoms with Gasteiger partial charge in [-0.05, 0) is 42.0 Å². The summed E-state index contributed by atoms with van der Waals surface area (Å²) in [5, 5.41) is 4.32. The fraction of sp³-hybridized carbons (Fsp3) is 0.0476. The van der Waals surface area contributed by atoms with Gasteiger partial charge in [-0.1, -0.05) is 42.5 Å². The number of para-hydroxylation sites is 1. The molecular weight excluding hydrogens is 342 g/mol. The standard InChI is InChI=1S/C21H17N3OS/c25-26(18-9-2-1-3-10-18)14-16-7-6-8-17(13-16)24-21-19-11-4-5-12-20(19)22-15-23-21/h1-13,15H,14H2,(H,22,23,24). The third-order valence-electron chi connectivity index (χ3n) is 4.04. The summed E-state index contributed by atoms with van der Waals surface area (Å²) in [6.45, 7) is 0. The van der Waals surface area contributed by atoms with E-state index in [4.69, 9.17) is 0 Å². The largest absolute Gasteiger partial charge is 0.340 e. The number of aromatic nitrogens is 2. The summed E-state index contributed by atoms with van der Waals surface area (Å²) in [7, 11) is -1.06. The molecule has 4 aromatic rings. The maximum absolute atomic E-state index is 12.5. The first-order valence-corrected chi connectivity index (χ1v) is 9.60. The van der Waals surface area contributed by atoms with Crippen LogP contribution in [-0.4, -0.2) is 14.2 Å². The van der Waals surface area contributed by atoms with Crippen LogP contribution in [0.25, 0.3) is 10.9 Å². The van der Waals surface area contributed by atoms with Crippen LogP contribution in [0, 0.1) is 0 Å². The molecule has 1 unspecified atom stereocenters. The van der Waals surface area contributed by atoms with Crippen molar-refractivity contribution >= 4 is 33.2 Å². The number of hydrogen-bond donors (Lipinski definition) is 1. The van der Waals surface area contributed by atoms with Gasteiger partial charge in [-0.15, -0.1) is 0 Å². The van der Waals surface area contributed by atoms with E-state index in [2.05, 4.69) is 15.3 Å². The van der Waals surface area contributed by atoms with Crippen LogP contribution >= 0.6 is 0 Å². The molecule has 0 radical (unpaired) electrons. The molecule has 128 valence electrons. The Morgan fingerprint density at radius 3 is 2.54 bits per heavy atom. The van der Waals surface area contributed by atoms with Gasteiger partial charge in [0.25, 0.3) is 0 Å². The highest BCUT2D eigenvalue weighted by atomic mass is 32.2. The van der Waals surface area contributed by atoms with E-state index in [1.807, 2.05) is 78.9 Å². The zero-order valence-electron chi connectivity index (χ0n) is 14.0. The van der Waals surface area contributed by atoms with Crippen LogP contribution in [0.1, 0.15) is 5.56 Å². The molecule has 0 amide bonds. The van der Waals surface area contributed by atoms with Gasteiger partial charge in [0.15, 0.2) is 0 Å². The van der Waals surface area contributed by atoms with Gasteiger partial charge >= 0.3 is 0 Å². The van der Waals surface area contributed by atoms with Gasteiger partial charge in [0.1, 0.15) is 12.1 Å². The third-order valence-corrected chi connectivity index (χ3v) is 5.43. The first-order chi connectivity index (χ1) is 12.8. The van der Waals surface area contributed by atoms with Gasteiger partial charge in [0, 0.05) is 16.0 Å². The number of benzene rings is 3. The number of fused-ring (bicyclic) bond motifs is 1. The highest BCUT2D eigenvalue weighted by molar-refractivity contribution is 7.84. The molecule has 0 saturated heterocycles. The summed E-state index contributed by atoms with van der Waals surface area (Å²) in [4.78, 5) is 9.48. The lowest BCUT2D eigenvalue weighted by atomic mass is 10.2. The summed E-state index contributed by atoms with van der Waals surface area (Å²) in [6, 6.07) is 25.4. The van der Waals surface area contributed by atoms with Crippen molar-refractivity contribution in [3.63, 3.8) is 0 Å². The molecule has 0 aliphatic rings. The van der Waals surface area contributed by atoms with E-state index in [1.54, 1.807) is 6.33 Å². The molecule has 5 heteroatoms. The van der Waals surface area contributed by atoms with Crippen LogP contribution < -0.4 is 5.32 Å². The molecule has 0 bridgehead atoms. The minimum Gasteiger partial charge on any atom is -0.340 e. The predicted molar refractivity (Wildman–Crippen MR) is 106 cm³/mol. The predicted octanol–water partition coefficient (Wildman–Crippen LogP) is 4.68. The van der Waals surface area contributed by atoms with Crippen LogP contribution in [0.4, 0.5) is 11.5 Å². The Hall–Kier alpha value is -3.05. The average molecular weight is 359 g/mol. The Bertz CT molecular complexity index is 1060. The van der Waals surface area contributed by atoms with Crippen LogP contribution in [0.3, 0.4) is 0 Å². The van der Waals surface area contributed by atoms with Gasteiger partial charge in [0.2, 0.25) is 0 Å². The van der Waals surface area contributed by atoms with Crippen molar-refractivity contribution in [1.29, 1.82) is 0 Å². The Balaban J connectivity index is 1.57. The van der Waals surface area contributed by atoms with Crippen molar-refractivity contribution < 1.29 is 4.21 Å². The summed E-state index contributed by atoms with van der Waals surface area (Å²) in [6.07, 6.45) is 1.55. The van der Waals surface area contributed by atoms with Crippen molar-refractivity contribution in [1.82, 2.24) is 9.97 Å². The lowest BCUT2D eigenvalue weighted by Crippen LogP contribution is -1.99. The third kappa shape index (κ3) is 3.63. The van der Waals surface area contributed by atoms with Crippen molar-refractivity contribution in [2.75, 3.05) is 5.32 Å². The molecule has 1 aromatic heterocycles. The zero-order valence-corrected chi connectivity index (χ0v) is 14.8. The van der Waals surface area contributed by atoms with E-state index in [-0.39, 0.29) is 0 Å². The molecule has 0 fully saturated rings. The van der Waals surface area contributed by atoms with E-state index < -0.39 is 10.8 Å². The number of anilines is 2. The summed E-state index contributed by atoms with van der Waals surface area (Å²) in [5.41, 5.74) is 2.82.